The molecule has 0 radical (unpaired) electrons. The van der Waals surface area contributed by atoms with Gasteiger partial charge in [0.2, 0.25) is 21.6 Å². The van der Waals surface area contributed by atoms with E-state index in [0.29, 0.717) is 25.8 Å². The Balaban J connectivity index is 1.86. The van der Waals surface area contributed by atoms with Crippen molar-refractivity contribution in [3.05, 3.63) is 41.5 Å². The first-order chi connectivity index (χ1) is 12.4. The number of hydrogen-bond donors (Lipinski definition) is 1. The molecule has 1 aromatic carbocycles. The smallest absolute Gasteiger partial charge is 0.335 e. The molecule has 2 rings (SSSR count). The van der Waals surface area contributed by atoms with Crippen LogP contribution in [0.5, 0.6) is 0 Å². The Bertz CT molecular complexity index is 836. The highest BCUT2D eigenvalue weighted by molar-refractivity contribution is 7.90. The summed E-state index contributed by atoms with van der Waals surface area (Å²) < 4.78 is 43.3. The molecule has 1 heterocycles. The van der Waals surface area contributed by atoms with E-state index in [9.17, 15) is 17.6 Å². The van der Waals surface area contributed by atoms with E-state index in [4.69, 9.17) is 4.42 Å². The van der Waals surface area contributed by atoms with E-state index in [0.717, 1.165) is 12.8 Å². The van der Waals surface area contributed by atoms with Gasteiger partial charge in [-0.05, 0) is 18.9 Å². The lowest BCUT2D eigenvalue weighted by atomic mass is 10.2. The molecular weight excluding hydrogens is 361 g/mol. The minimum absolute atomic E-state index is 0.00877. The molecule has 0 fully saturated rings. The fourth-order valence-electron chi connectivity index (χ4n) is 2.24. The number of halogens is 1. The third-order valence-electron chi connectivity index (χ3n) is 3.66. The maximum Gasteiger partial charge on any atom is 0.335 e. The van der Waals surface area contributed by atoms with Crippen molar-refractivity contribution in [2.75, 3.05) is 6.54 Å². The zero-order valence-electron chi connectivity index (χ0n) is 14.6. The van der Waals surface area contributed by atoms with E-state index in [1.807, 2.05) is 6.92 Å². The standard InChI is InChI=1S/C17H22FN3O4S/c1-2-3-9-15(22)19-11-6-10-16-20-21-17(25-16)26(23,24)12-13-7-4-5-8-14(13)18/h4-5,7-8H,2-3,6,9-12H2,1H3,(H,19,22). The summed E-state index contributed by atoms with van der Waals surface area (Å²) in [6.45, 7) is 2.46. The van der Waals surface area contributed by atoms with Crippen LogP contribution in [-0.4, -0.2) is 31.1 Å². The molecule has 26 heavy (non-hydrogen) atoms. The van der Waals surface area contributed by atoms with Crippen LogP contribution >= 0.6 is 0 Å². The highest BCUT2D eigenvalue weighted by Crippen LogP contribution is 2.17. The lowest BCUT2D eigenvalue weighted by Gasteiger charge is -2.03. The van der Waals surface area contributed by atoms with Crippen LogP contribution in [0.1, 0.15) is 44.1 Å². The molecule has 0 atom stereocenters. The molecule has 0 spiro atoms. The summed E-state index contributed by atoms with van der Waals surface area (Å²) in [5.41, 5.74) is 0.0436. The highest BCUT2D eigenvalue weighted by atomic mass is 32.2. The Hall–Kier alpha value is -2.29. The lowest BCUT2D eigenvalue weighted by Crippen LogP contribution is -2.24. The minimum Gasteiger partial charge on any atom is -0.413 e. The van der Waals surface area contributed by atoms with Gasteiger partial charge in [-0.3, -0.25) is 4.79 Å². The molecule has 0 saturated heterocycles. The van der Waals surface area contributed by atoms with E-state index in [1.54, 1.807) is 6.07 Å². The van der Waals surface area contributed by atoms with Crippen molar-refractivity contribution in [1.29, 1.82) is 0 Å². The number of amides is 1. The third kappa shape index (κ3) is 5.91. The quantitative estimate of drug-likeness (QED) is 0.632. The predicted molar refractivity (Wildman–Crippen MR) is 92.4 cm³/mol. The molecule has 0 aliphatic rings. The molecule has 0 aliphatic carbocycles. The van der Waals surface area contributed by atoms with Crippen molar-refractivity contribution in [3.8, 4) is 0 Å². The molecule has 7 nitrogen and oxygen atoms in total. The predicted octanol–water partition coefficient (Wildman–Crippen LogP) is 2.42. The SMILES string of the molecule is CCCCC(=O)NCCCc1nnc(S(=O)(=O)Cc2ccccc2F)o1. The van der Waals surface area contributed by atoms with Crippen LogP contribution < -0.4 is 5.32 Å². The maximum absolute atomic E-state index is 13.6. The minimum atomic E-state index is -3.92. The highest BCUT2D eigenvalue weighted by Gasteiger charge is 2.24. The number of benzene rings is 1. The monoisotopic (exact) mass is 383 g/mol. The first-order valence-corrected chi connectivity index (χ1v) is 10.1. The molecule has 0 aliphatic heterocycles. The molecule has 1 aromatic heterocycles. The number of unbranched alkanes of at least 4 members (excludes halogenated alkanes) is 1. The van der Waals surface area contributed by atoms with Crippen LogP contribution in [0.25, 0.3) is 0 Å². The summed E-state index contributed by atoms with van der Waals surface area (Å²) in [6, 6.07) is 5.63. The molecular formula is C17H22FN3O4S. The number of carbonyl (C=O) groups is 1. The molecule has 142 valence electrons. The second kappa shape index (κ2) is 9.42. The normalized spacial score (nSPS) is 11.5. The number of aromatic nitrogens is 2. The topological polar surface area (TPSA) is 102 Å². The van der Waals surface area contributed by atoms with Crippen LogP contribution in [0.4, 0.5) is 4.39 Å². The average molecular weight is 383 g/mol. The molecule has 1 amide bonds. The van der Waals surface area contributed by atoms with Crippen LogP contribution in [-0.2, 0) is 26.8 Å². The summed E-state index contributed by atoms with van der Waals surface area (Å²) in [5, 5.41) is 9.51. The van der Waals surface area contributed by atoms with Crippen molar-refractivity contribution >= 4 is 15.7 Å². The van der Waals surface area contributed by atoms with E-state index >= 15 is 0 Å². The zero-order valence-corrected chi connectivity index (χ0v) is 15.4. The summed E-state index contributed by atoms with van der Waals surface area (Å²) >= 11 is 0. The molecule has 2 aromatic rings. The Labute approximate surface area is 151 Å². The summed E-state index contributed by atoms with van der Waals surface area (Å²) in [6.07, 6.45) is 3.19. The Morgan fingerprint density at radius 1 is 1.23 bits per heavy atom. The number of nitrogens with one attached hydrogen (secondary N) is 1. The Morgan fingerprint density at radius 3 is 2.73 bits per heavy atom. The van der Waals surface area contributed by atoms with E-state index < -0.39 is 26.6 Å². The van der Waals surface area contributed by atoms with Crippen LogP contribution in [0.15, 0.2) is 33.9 Å². The maximum atomic E-state index is 13.6. The summed E-state index contributed by atoms with van der Waals surface area (Å²) in [7, 11) is -3.92. The van der Waals surface area contributed by atoms with Crippen molar-refractivity contribution in [2.45, 2.75) is 50.0 Å². The zero-order chi connectivity index (χ0) is 19.0. The van der Waals surface area contributed by atoms with Gasteiger partial charge in [0, 0.05) is 24.9 Å². The Kier molecular flexibility index (Phi) is 7.26. The number of carbonyl (C=O) groups excluding carboxylic acids is 1. The van der Waals surface area contributed by atoms with Gasteiger partial charge in [0.05, 0.1) is 5.75 Å². The molecule has 1 N–H and O–H groups in total. The van der Waals surface area contributed by atoms with Gasteiger partial charge in [0.15, 0.2) is 0 Å². The molecule has 0 unspecified atom stereocenters. The fourth-order valence-corrected chi connectivity index (χ4v) is 3.40. The van der Waals surface area contributed by atoms with Gasteiger partial charge >= 0.3 is 5.22 Å². The van der Waals surface area contributed by atoms with Crippen LogP contribution in [0, 0.1) is 5.82 Å². The van der Waals surface area contributed by atoms with Crippen molar-refractivity contribution in [1.82, 2.24) is 15.5 Å². The first-order valence-electron chi connectivity index (χ1n) is 8.47. The Morgan fingerprint density at radius 2 is 2.00 bits per heavy atom. The van der Waals surface area contributed by atoms with Gasteiger partial charge in [-0.1, -0.05) is 36.6 Å². The van der Waals surface area contributed by atoms with Gasteiger partial charge < -0.3 is 9.73 Å². The number of nitrogens with zero attached hydrogens (tertiary/aromatic N) is 2. The number of hydrogen-bond acceptors (Lipinski definition) is 6. The average Bonchev–Trinajstić information content (AvgIpc) is 3.09. The molecule has 0 saturated carbocycles. The van der Waals surface area contributed by atoms with Gasteiger partial charge in [-0.25, -0.2) is 12.8 Å². The van der Waals surface area contributed by atoms with Gasteiger partial charge in [-0.15, -0.1) is 5.10 Å². The van der Waals surface area contributed by atoms with E-state index in [-0.39, 0.29) is 17.4 Å². The third-order valence-corrected chi connectivity index (χ3v) is 5.05. The summed E-state index contributed by atoms with van der Waals surface area (Å²) in [5.74, 6) is -0.991. The molecule has 0 bridgehead atoms. The van der Waals surface area contributed by atoms with Crippen LogP contribution in [0.3, 0.4) is 0 Å². The number of aryl methyl sites for hydroxylation is 1. The van der Waals surface area contributed by atoms with Crippen LogP contribution in [0.2, 0.25) is 0 Å². The second-order valence-corrected chi connectivity index (χ2v) is 7.74. The van der Waals surface area contributed by atoms with E-state index in [2.05, 4.69) is 15.5 Å². The van der Waals surface area contributed by atoms with Crippen molar-refractivity contribution < 1.29 is 22.0 Å². The largest absolute Gasteiger partial charge is 0.413 e. The fraction of sp³-hybridized carbons (Fsp3) is 0.471. The van der Waals surface area contributed by atoms with Gasteiger partial charge in [-0.2, -0.15) is 0 Å². The van der Waals surface area contributed by atoms with Crippen molar-refractivity contribution in [2.24, 2.45) is 0 Å². The first kappa shape index (κ1) is 20.0. The van der Waals surface area contributed by atoms with Gasteiger partial charge in [0.25, 0.3) is 0 Å². The van der Waals surface area contributed by atoms with Gasteiger partial charge in [0.1, 0.15) is 5.82 Å². The number of sulfone groups is 1. The van der Waals surface area contributed by atoms with E-state index in [1.165, 1.54) is 18.2 Å². The lowest BCUT2D eigenvalue weighted by molar-refractivity contribution is -0.121. The van der Waals surface area contributed by atoms with Crippen molar-refractivity contribution in [3.63, 3.8) is 0 Å². The molecule has 9 heteroatoms. The number of rotatable bonds is 10. The summed E-state index contributed by atoms with van der Waals surface area (Å²) in [4.78, 5) is 11.5. The second-order valence-electron chi connectivity index (χ2n) is 5.87.